The fourth-order valence-corrected chi connectivity index (χ4v) is 3.07. The summed E-state index contributed by atoms with van der Waals surface area (Å²) < 4.78 is 0. The van der Waals surface area contributed by atoms with Crippen LogP contribution in [0.5, 0.6) is 5.75 Å². The van der Waals surface area contributed by atoms with Crippen molar-refractivity contribution >= 4 is 22.6 Å². The van der Waals surface area contributed by atoms with Gasteiger partial charge < -0.3 is 10.1 Å². The molecule has 0 radical (unpaired) electrons. The summed E-state index contributed by atoms with van der Waals surface area (Å²) >= 11 is 6.09. The Hall–Kier alpha value is -2.78. The molecule has 0 saturated carbocycles. The van der Waals surface area contributed by atoms with Crippen molar-refractivity contribution in [3.05, 3.63) is 71.2 Å². The van der Waals surface area contributed by atoms with Crippen LogP contribution in [0.15, 0.2) is 60.7 Å². The van der Waals surface area contributed by atoms with Crippen molar-refractivity contribution in [1.82, 2.24) is 9.97 Å². The fourth-order valence-electron chi connectivity index (χ4n) is 2.88. The number of imidazole rings is 1. The number of aromatic amines is 1. The molecular weight excluding hydrogens is 320 g/mol. The van der Waals surface area contributed by atoms with E-state index in [-0.39, 0.29) is 5.75 Å². The SMILES string of the molecule is Cc1cccc2[nH]c(-c3cc(-c4cccc(Cl)c4)ccc3O)nc12. The van der Waals surface area contributed by atoms with E-state index in [2.05, 4.69) is 9.97 Å². The lowest BCUT2D eigenvalue weighted by atomic mass is 10.0. The normalized spacial score (nSPS) is 11.1. The van der Waals surface area contributed by atoms with E-state index >= 15 is 0 Å². The number of rotatable bonds is 2. The summed E-state index contributed by atoms with van der Waals surface area (Å²) in [5.74, 6) is 0.846. The summed E-state index contributed by atoms with van der Waals surface area (Å²) in [6, 6.07) is 19.1. The second kappa shape index (κ2) is 5.69. The van der Waals surface area contributed by atoms with E-state index in [1.165, 1.54) is 0 Å². The Kier molecular flexibility index (Phi) is 3.51. The zero-order chi connectivity index (χ0) is 16.7. The Labute approximate surface area is 144 Å². The number of halogens is 1. The molecule has 0 spiro atoms. The molecule has 0 aliphatic heterocycles. The van der Waals surface area contributed by atoms with Gasteiger partial charge in [0.05, 0.1) is 16.6 Å². The number of nitrogens with one attached hydrogen (secondary N) is 1. The lowest BCUT2D eigenvalue weighted by Gasteiger charge is -2.07. The van der Waals surface area contributed by atoms with Crippen LogP contribution in [0.4, 0.5) is 0 Å². The van der Waals surface area contributed by atoms with Gasteiger partial charge in [-0.25, -0.2) is 4.98 Å². The van der Waals surface area contributed by atoms with Crippen molar-refractivity contribution in [2.45, 2.75) is 6.92 Å². The van der Waals surface area contributed by atoms with Gasteiger partial charge in [-0.2, -0.15) is 0 Å². The third-order valence-corrected chi connectivity index (χ3v) is 4.36. The maximum absolute atomic E-state index is 10.3. The van der Waals surface area contributed by atoms with Gasteiger partial charge in [0.2, 0.25) is 0 Å². The largest absolute Gasteiger partial charge is 0.507 e. The number of benzene rings is 3. The molecule has 0 bridgehead atoms. The molecule has 4 rings (SSSR count). The van der Waals surface area contributed by atoms with Crippen molar-refractivity contribution in [2.75, 3.05) is 0 Å². The highest BCUT2D eigenvalue weighted by Gasteiger charge is 2.12. The Balaban J connectivity index is 1.88. The molecule has 4 aromatic rings. The maximum atomic E-state index is 10.3. The fraction of sp³-hybridized carbons (Fsp3) is 0.0500. The van der Waals surface area contributed by atoms with Crippen molar-refractivity contribution in [3.63, 3.8) is 0 Å². The molecule has 0 fully saturated rings. The van der Waals surface area contributed by atoms with E-state index in [4.69, 9.17) is 11.6 Å². The van der Waals surface area contributed by atoms with Crippen LogP contribution in [-0.2, 0) is 0 Å². The zero-order valence-electron chi connectivity index (χ0n) is 13.0. The van der Waals surface area contributed by atoms with Gasteiger partial charge in [-0.1, -0.05) is 41.9 Å². The summed E-state index contributed by atoms with van der Waals surface area (Å²) in [6.45, 7) is 2.02. The molecule has 24 heavy (non-hydrogen) atoms. The minimum atomic E-state index is 0.192. The van der Waals surface area contributed by atoms with Gasteiger partial charge in [0.15, 0.2) is 0 Å². The van der Waals surface area contributed by atoms with Crippen molar-refractivity contribution in [1.29, 1.82) is 0 Å². The smallest absolute Gasteiger partial charge is 0.142 e. The van der Waals surface area contributed by atoms with Crippen LogP contribution in [-0.4, -0.2) is 15.1 Å². The van der Waals surface area contributed by atoms with Crippen LogP contribution in [0.2, 0.25) is 5.02 Å². The number of para-hydroxylation sites is 1. The van der Waals surface area contributed by atoms with E-state index in [1.54, 1.807) is 6.07 Å². The highest BCUT2D eigenvalue weighted by Crippen LogP contribution is 2.34. The number of hydrogen-bond acceptors (Lipinski definition) is 2. The zero-order valence-corrected chi connectivity index (χ0v) is 13.8. The highest BCUT2D eigenvalue weighted by atomic mass is 35.5. The first kappa shape index (κ1) is 14.8. The average Bonchev–Trinajstić information content (AvgIpc) is 3.01. The first-order chi connectivity index (χ1) is 11.6. The molecule has 2 N–H and O–H groups in total. The van der Waals surface area contributed by atoms with Crippen LogP contribution < -0.4 is 0 Å². The van der Waals surface area contributed by atoms with Crippen LogP contribution >= 0.6 is 11.6 Å². The molecule has 0 atom stereocenters. The predicted octanol–water partition coefficient (Wildman–Crippen LogP) is 5.56. The maximum Gasteiger partial charge on any atom is 0.142 e. The van der Waals surface area contributed by atoms with Gasteiger partial charge >= 0.3 is 0 Å². The summed E-state index contributed by atoms with van der Waals surface area (Å²) in [5, 5.41) is 11.0. The number of H-pyrrole nitrogens is 1. The molecule has 0 aliphatic carbocycles. The number of aromatic nitrogens is 2. The van der Waals surface area contributed by atoms with E-state index in [0.29, 0.717) is 16.4 Å². The molecular formula is C20H15ClN2O. The van der Waals surface area contributed by atoms with E-state index < -0.39 is 0 Å². The number of phenolic OH excluding ortho intramolecular Hbond substituents is 1. The van der Waals surface area contributed by atoms with Crippen molar-refractivity contribution < 1.29 is 5.11 Å². The molecule has 3 nitrogen and oxygen atoms in total. The Bertz CT molecular complexity index is 1050. The molecule has 0 amide bonds. The number of phenols is 1. The molecule has 1 aromatic heterocycles. The molecule has 0 unspecified atom stereocenters. The lowest BCUT2D eigenvalue weighted by Crippen LogP contribution is -1.85. The van der Waals surface area contributed by atoms with Crippen molar-refractivity contribution in [2.24, 2.45) is 0 Å². The van der Waals surface area contributed by atoms with Crippen LogP contribution in [0.1, 0.15) is 5.56 Å². The monoisotopic (exact) mass is 334 g/mol. The van der Waals surface area contributed by atoms with Crippen LogP contribution in [0, 0.1) is 6.92 Å². The summed E-state index contributed by atoms with van der Waals surface area (Å²) in [6.07, 6.45) is 0. The summed E-state index contributed by atoms with van der Waals surface area (Å²) in [4.78, 5) is 7.94. The minimum Gasteiger partial charge on any atom is -0.507 e. The molecule has 0 aliphatic rings. The number of nitrogens with zero attached hydrogens (tertiary/aromatic N) is 1. The first-order valence-corrected chi connectivity index (χ1v) is 8.04. The number of fused-ring (bicyclic) bond motifs is 1. The Morgan fingerprint density at radius 2 is 1.75 bits per heavy atom. The summed E-state index contributed by atoms with van der Waals surface area (Å²) in [5.41, 5.74) is 5.61. The third kappa shape index (κ3) is 2.53. The molecule has 3 aromatic carbocycles. The Morgan fingerprint density at radius 3 is 2.54 bits per heavy atom. The van der Waals surface area contributed by atoms with Gasteiger partial charge in [0, 0.05) is 5.02 Å². The van der Waals surface area contributed by atoms with Gasteiger partial charge in [-0.05, 0) is 53.9 Å². The molecule has 0 saturated heterocycles. The number of hydrogen-bond donors (Lipinski definition) is 2. The van der Waals surface area contributed by atoms with Crippen LogP contribution in [0.3, 0.4) is 0 Å². The minimum absolute atomic E-state index is 0.192. The van der Waals surface area contributed by atoms with Crippen LogP contribution in [0.25, 0.3) is 33.5 Å². The second-order valence-corrected chi connectivity index (χ2v) is 6.24. The predicted molar refractivity (Wildman–Crippen MR) is 98.4 cm³/mol. The van der Waals surface area contributed by atoms with E-state index in [0.717, 1.165) is 27.7 Å². The van der Waals surface area contributed by atoms with Gasteiger partial charge in [-0.15, -0.1) is 0 Å². The first-order valence-electron chi connectivity index (χ1n) is 7.66. The van der Waals surface area contributed by atoms with E-state index in [9.17, 15) is 5.11 Å². The van der Waals surface area contributed by atoms with Gasteiger partial charge in [0.25, 0.3) is 0 Å². The third-order valence-electron chi connectivity index (χ3n) is 4.12. The second-order valence-electron chi connectivity index (χ2n) is 5.80. The standard InChI is InChI=1S/C20H15ClN2O/c1-12-4-2-7-17-19(12)23-20(22-17)16-11-14(8-9-18(16)24)13-5-3-6-15(21)10-13/h2-11,24H,1H3,(H,22,23). The Morgan fingerprint density at radius 1 is 0.958 bits per heavy atom. The molecule has 1 heterocycles. The van der Waals surface area contributed by atoms with E-state index in [1.807, 2.05) is 61.5 Å². The highest BCUT2D eigenvalue weighted by molar-refractivity contribution is 6.30. The molecule has 118 valence electrons. The van der Waals surface area contributed by atoms with Gasteiger partial charge in [-0.3, -0.25) is 0 Å². The van der Waals surface area contributed by atoms with Crippen molar-refractivity contribution in [3.8, 4) is 28.3 Å². The lowest BCUT2D eigenvalue weighted by molar-refractivity contribution is 0.477. The quantitative estimate of drug-likeness (QED) is 0.504. The number of aryl methyl sites for hydroxylation is 1. The topological polar surface area (TPSA) is 48.9 Å². The molecule has 4 heteroatoms. The average molecular weight is 335 g/mol. The summed E-state index contributed by atoms with van der Waals surface area (Å²) in [7, 11) is 0. The van der Waals surface area contributed by atoms with Gasteiger partial charge in [0.1, 0.15) is 11.6 Å². The number of aromatic hydroxyl groups is 1.